The van der Waals surface area contributed by atoms with Gasteiger partial charge in [-0.25, -0.2) is 4.98 Å². The lowest BCUT2D eigenvalue weighted by Gasteiger charge is -2.32. The molecule has 1 fully saturated rings. The molecule has 0 bridgehead atoms. The van der Waals surface area contributed by atoms with Crippen molar-refractivity contribution in [2.75, 3.05) is 11.9 Å². The number of rotatable bonds is 9. The first kappa shape index (κ1) is 23.4. The van der Waals surface area contributed by atoms with Crippen molar-refractivity contribution >= 4 is 22.6 Å². The molecule has 0 radical (unpaired) electrons. The smallest absolute Gasteiger partial charge is 0.256 e. The quantitative estimate of drug-likeness (QED) is 0.393. The highest BCUT2D eigenvalue weighted by Crippen LogP contribution is 2.23. The minimum atomic E-state index is -0.440. The summed E-state index contributed by atoms with van der Waals surface area (Å²) < 4.78 is 0. The van der Waals surface area contributed by atoms with Crippen LogP contribution < -0.4 is 21.7 Å². The van der Waals surface area contributed by atoms with E-state index in [0.717, 1.165) is 48.6 Å². The summed E-state index contributed by atoms with van der Waals surface area (Å²) in [4.78, 5) is 17.5. The molecule has 1 aliphatic rings. The van der Waals surface area contributed by atoms with E-state index in [2.05, 4.69) is 22.9 Å². The predicted molar refractivity (Wildman–Crippen MR) is 126 cm³/mol. The monoisotopic (exact) mass is 427 g/mol. The van der Waals surface area contributed by atoms with Crippen LogP contribution in [0.15, 0.2) is 24.3 Å². The van der Waals surface area contributed by atoms with Crippen LogP contribution in [-0.2, 0) is 0 Å². The molecule has 6 N–H and O–H groups in total. The fourth-order valence-electron chi connectivity index (χ4n) is 4.25. The second-order valence-electron chi connectivity index (χ2n) is 8.79. The number of hydrogen-bond acceptors (Lipinski definition) is 6. The highest BCUT2D eigenvalue weighted by Gasteiger charge is 2.24. The standard InChI is InChI=1S/C24H37N5O2/c1-4-18(28-20-7-5-6-8-22(20)30)11-12-26-23-19(24(31)27-16(3)25)14-17-10-9-15(2)13-21(17)29-23/h9-10,13-14,16,18,20,22,28,30H,4-8,11-12,25H2,1-3H3,(H,26,29)(H,27,31). The highest BCUT2D eigenvalue weighted by molar-refractivity contribution is 6.02. The van der Waals surface area contributed by atoms with E-state index in [4.69, 9.17) is 10.7 Å². The van der Waals surface area contributed by atoms with Crippen LogP contribution in [-0.4, -0.2) is 46.9 Å². The Bertz CT molecular complexity index is 886. The van der Waals surface area contributed by atoms with E-state index < -0.39 is 6.17 Å². The van der Waals surface area contributed by atoms with Crippen LogP contribution in [0.1, 0.15) is 68.3 Å². The van der Waals surface area contributed by atoms with Crippen LogP contribution in [0.4, 0.5) is 5.82 Å². The predicted octanol–water partition coefficient (Wildman–Crippen LogP) is 3.05. The largest absolute Gasteiger partial charge is 0.392 e. The lowest BCUT2D eigenvalue weighted by molar-refractivity contribution is 0.0840. The lowest BCUT2D eigenvalue weighted by atomic mass is 9.91. The maximum Gasteiger partial charge on any atom is 0.256 e. The number of aryl methyl sites for hydroxylation is 1. The number of amides is 1. The van der Waals surface area contributed by atoms with Crippen LogP contribution in [0, 0.1) is 6.92 Å². The van der Waals surface area contributed by atoms with E-state index in [1.54, 1.807) is 6.92 Å². The number of hydrogen-bond donors (Lipinski definition) is 5. The number of fused-ring (bicyclic) bond motifs is 1. The van der Waals surface area contributed by atoms with Crippen molar-refractivity contribution in [3.63, 3.8) is 0 Å². The van der Waals surface area contributed by atoms with Gasteiger partial charge in [-0.2, -0.15) is 0 Å². The molecular formula is C24H37N5O2. The summed E-state index contributed by atoms with van der Waals surface area (Å²) in [6.45, 7) is 6.60. The Morgan fingerprint density at radius 2 is 2.06 bits per heavy atom. The number of benzene rings is 1. The molecule has 2 aromatic rings. The first-order valence-electron chi connectivity index (χ1n) is 11.5. The second kappa shape index (κ2) is 10.9. The molecule has 0 saturated heterocycles. The summed E-state index contributed by atoms with van der Waals surface area (Å²) in [6.07, 6.45) is 5.34. The molecular weight excluding hydrogens is 390 g/mol. The third-order valence-electron chi connectivity index (χ3n) is 6.03. The zero-order valence-electron chi connectivity index (χ0n) is 18.9. The van der Waals surface area contributed by atoms with Gasteiger partial charge in [-0.15, -0.1) is 0 Å². The molecule has 3 rings (SSSR count). The summed E-state index contributed by atoms with van der Waals surface area (Å²) in [7, 11) is 0. The molecule has 0 aliphatic heterocycles. The first-order valence-corrected chi connectivity index (χ1v) is 11.5. The van der Waals surface area contributed by atoms with Gasteiger partial charge in [-0.05, 0) is 57.2 Å². The van der Waals surface area contributed by atoms with Crippen molar-refractivity contribution in [1.29, 1.82) is 0 Å². The van der Waals surface area contributed by atoms with Crippen LogP contribution in [0.3, 0.4) is 0 Å². The van der Waals surface area contributed by atoms with Crippen LogP contribution >= 0.6 is 0 Å². The molecule has 7 nitrogen and oxygen atoms in total. The molecule has 1 saturated carbocycles. The molecule has 170 valence electrons. The second-order valence-corrected chi connectivity index (χ2v) is 8.79. The van der Waals surface area contributed by atoms with E-state index in [0.29, 0.717) is 24.0 Å². The van der Waals surface area contributed by atoms with Gasteiger partial charge in [-0.3, -0.25) is 4.79 Å². The van der Waals surface area contributed by atoms with Crippen molar-refractivity contribution in [1.82, 2.24) is 15.6 Å². The Morgan fingerprint density at radius 1 is 1.29 bits per heavy atom. The number of carbonyl (C=O) groups excluding carboxylic acids is 1. The van der Waals surface area contributed by atoms with Gasteiger partial charge in [0, 0.05) is 24.0 Å². The van der Waals surface area contributed by atoms with E-state index in [1.807, 2.05) is 31.2 Å². The van der Waals surface area contributed by atoms with E-state index in [9.17, 15) is 9.90 Å². The lowest BCUT2D eigenvalue weighted by Crippen LogP contribution is -2.47. The maximum atomic E-state index is 12.7. The number of aliphatic hydroxyl groups is 1. The molecule has 1 aromatic heterocycles. The van der Waals surface area contributed by atoms with Crippen molar-refractivity contribution in [3.05, 3.63) is 35.4 Å². The fraction of sp³-hybridized carbons (Fsp3) is 0.583. The van der Waals surface area contributed by atoms with Crippen LogP contribution in [0.5, 0.6) is 0 Å². The van der Waals surface area contributed by atoms with Gasteiger partial charge in [0.2, 0.25) is 0 Å². The summed E-state index contributed by atoms with van der Waals surface area (Å²) in [5, 5.41) is 21.0. The number of nitrogens with zero attached hydrogens (tertiary/aromatic N) is 1. The SMILES string of the molecule is CCC(CCNc1nc2cc(C)ccc2cc1C(=O)NC(C)N)NC1CCCCC1O. The Kier molecular flexibility index (Phi) is 8.23. The number of pyridine rings is 1. The van der Waals surface area contributed by atoms with Gasteiger partial charge in [0.1, 0.15) is 5.82 Å². The average Bonchev–Trinajstić information content (AvgIpc) is 2.73. The molecule has 7 heteroatoms. The minimum Gasteiger partial charge on any atom is -0.392 e. The highest BCUT2D eigenvalue weighted by atomic mass is 16.3. The topological polar surface area (TPSA) is 112 Å². The summed E-state index contributed by atoms with van der Waals surface area (Å²) >= 11 is 0. The third-order valence-corrected chi connectivity index (χ3v) is 6.03. The Morgan fingerprint density at radius 3 is 2.77 bits per heavy atom. The van der Waals surface area contributed by atoms with Gasteiger partial charge in [0.15, 0.2) is 0 Å². The Hall–Kier alpha value is -2.22. The van der Waals surface area contributed by atoms with Crippen molar-refractivity contribution in [2.45, 2.75) is 83.6 Å². The summed E-state index contributed by atoms with van der Waals surface area (Å²) in [5.41, 5.74) is 8.25. The van der Waals surface area contributed by atoms with Crippen molar-refractivity contribution in [3.8, 4) is 0 Å². The van der Waals surface area contributed by atoms with E-state index in [1.165, 1.54) is 6.42 Å². The Balaban J connectivity index is 1.71. The third kappa shape index (κ3) is 6.38. The van der Waals surface area contributed by atoms with Gasteiger partial charge in [0.25, 0.3) is 5.91 Å². The van der Waals surface area contributed by atoms with E-state index in [-0.39, 0.29) is 18.1 Å². The molecule has 4 atom stereocenters. The van der Waals surface area contributed by atoms with Gasteiger partial charge in [-0.1, -0.05) is 31.9 Å². The average molecular weight is 428 g/mol. The zero-order chi connectivity index (χ0) is 22.4. The molecule has 1 aromatic carbocycles. The molecule has 4 unspecified atom stereocenters. The van der Waals surface area contributed by atoms with Gasteiger partial charge < -0.3 is 26.8 Å². The molecule has 1 aliphatic carbocycles. The number of aliphatic hydroxyl groups excluding tert-OH is 1. The summed E-state index contributed by atoms with van der Waals surface area (Å²) in [5.74, 6) is 0.340. The molecule has 1 amide bonds. The maximum absolute atomic E-state index is 12.7. The Labute approximate surface area is 185 Å². The number of carbonyl (C=O) groups is 1. The van der Waals surface area contributed by atoms with Crippen molar-refractivity contribution in [2.24, 2.45) is 5.73 Å². The van der Waals surface area contributed by atoms with Gasteiger partial charge >= 0.3 is 0 Å². The summed E-state index contributed by atoms with van der Waals surface area (Å²) in [6, 6.07) is 8.37. The number of aromatic nitrogens is 1. The van der Waals surface area contributed by atoms with Gasteiger partial charge in [0.05, 0.1) is 23.3 Å². The van der Waals surface area contributed by atoms with Crippen molar-refractivity contribution < 1.29 is 9.90 Å². The number of nitrogens with two attached hydrogens (primary N) is 1. The first-order chi connectivity index (χ1) is 14.9. The fourth-order valence-corrected chi connectivity index (χ4v) is 4.25. The molecule has 0 spiro atoms. The number of anilines is 1. The molecule has 1 heterocycles. The minimum absolute atomic E-state index is 0.174. The molecule has 31 heavy (non-hydrogen) atoms. The number of nitrogens with one attached hydrogen (secondary N) is 3. The van der Waals surface area contributed by atoms with E-state index >= 15 is 0 Å². The zero-order valence-corrected chi connectivity index (χ0v) is 18.9. The van der Waals surface area contributed by atoms with Crippen LogP contribution in [0.2, 0.25) is 0 Å². The van der Waals surface area contributed by atoms with Crippen LogP contribution in [0.25, 0.3) is 10.9 Å². The normalized spacial score (nSPS) is 20.9.